The second-order valence-corrected chi connectivity index (χ2v) is 6.65. The summed E-state index contributed by atoms with van der Waals surface area (Å²) in [5.41, 5.74) is 2.99. The van der Waals surface area contributed by atoms with Gasteiger partial charge in [0.25, 0.3) is 0 Å². The van der Waals surface area contributed by atoms with Crippen LogP contribution in [0.2, 0.25) is 0 Å². The van der Waals surface area contributed by atoms with Gasteiger partial charge >= 0.3 is 0 Å². The fourth-order valence-corrected chi connectivity index (χ4v) is 3.00. The van der Waals surface area contributed by atoms with Gasteiger partial charge in [-0.1, -0.05) is 60.7 Å². The molecule has 3 aromatic rings. The summed E-state index contributed by atoms with van der Waals surface area (Å²) >= 11 is 0. The lowest BCUT2D eigenvalue weighted by atomic mass is 10.0. The van der Waals surface area contributed by atoms with Crippen LogP contribution in [-0.4, -0.2) is 37.2 Å². The number of nitrogens with zero attached hydrogens (tertiary/aromatic N) is 3. The van der Waals surface area contributed by atoms with Crippen molar-refractivity contribution in [3.8, 4) is 6.19 Å². The molecule has 0 radical (unpaired) electrons. The molecule has 0 amide bonds. The van der Waals surface area contributed by atoms with E-state index in [9.17, 15) is 0 Å². The van der Waals surface area contributed by atoms with E-state index in [0.29, 0.717) is 32.2 Å². The van der Waals surface area contributed by atoms with Crippen molar-refractivity contribution in [2.75, 3.05) is 26.2 Å². The first-order chi connectivity index (χ1) is 15.4. The summed E-state index contributed by atoms with van der Waals surface area (Å²) in [6.07, 6.45) is 5.11. The van der Waals surface area contributed by atoms with Crippen molar-refractivity contribution < 1.29 is 4.74 Å². The average Bonchev–Trinajstić information content (AvgIpc) is 2.83. The molecular weight excluding hydrogens is 388 g/mol. The molecule has 0 aliphatic heterocycles. The molecular formula is C24H26N6O. The number of rotatable bonds is 10. The number of hydrogen-bond donors (Lipinski definition) is 3. The van der Waals surface area contributed by atoms with Gasteiger partial charge in [0.15, 0.2) is 6.19 Å². The second-order valence-electron chi connectivity index (χ2n) is 6.65. The first-order valence-electron chi connectivity index (χ1n) is 10.2. The Balaban J connectivity index is 1.42. The van der Waals surface area contributed by atoms with Gasteiger partial charge in [-0.05, 0) is 23.3 Å². The summed E-state index contributed by atoms with van der Waals surface area (Å²) in [4.78, 5) is 8.31. The van der Waals surface area contributed by atoms with Crippen molar-refractivity contribution in [1.29, 1.82) is 5.26 Å². The maximum Gasteiger partial charge on any atom is 0.209 e. The first kappa shape index (κ1) is 22.0. The van der Waals surface area contributed by atoms with Crippen LogP contribution < -0.4 is 16.0 Å². The largest absolute Gasteiger partial charge is 0.367 e. The number of hydrogen-bond acceptors (Lipinski definition) is 5. The minimum Gasteiger partial charge on any atom is -0.367 e. The second kappa shape index (κ2) is 12.8. The minimum atomic E-state index is -0.0961. The average molecular weight is 415 g/mol. The van der Waals surface area contributed by atoms with E-state index in [1.807, 2.05) is 42.6 Å². The number of guanidine groups is 1. The number of pyridine rings is 1. The van der Waals surface area contributed by atoms with E-state index in [1.165, 1.54) is 0 Å². The zero-order chi connectivity index (χ0) is 21.6. The first-order valence-corrected chi connectivity index (χ1v) is 10.2. The van der Waals surface area contributed by atoms with Crippen LogP contribution in [0, 0.1) is 11.5 Å². The van der Waals surface area contributed by atoms with Gasteiger partial charge in [-0.3, -0.25) is 10.3 Å². The number of nitriles is 1. The number of ether oxygens (including phenoxy) is 1. The van der Waals surface area contributed by atoms with E-state index in [4.69, 9.17) is 10.00 Å². The summed E-state index contributed by atoms with van der Waals surface area (Å²) in [5.74, 6) is 0.403. The Kier molecular flexibility index (Phi) is 9.04. The van der Waals surface area contributed by atoms with E-state index < -0.39 is 0 Å². The SMILES string of the molecule is N#CN/C(=N/c1ccncc1)NCCNCCOC(c1ccccc1)c1ccccc1. The summed E-state index contributed by atoms with van der Waals surface area (Å²) in [7, 11) is 0. The molecule has 0 unspecified atom stereocenters. The van der Waals surface area contributed by atoms with Gasteiger partial charge in [-0.15, -0.1) is 0 Å². The Bertz CT molecular complexity index is 918. The maximum atomic E-state index is 8.90. The van der Waals surface area contributed by atoms with Crippen LogP contribution in [0.4, 0.5) is 5.69 Å². The van der Waals surface area contributed by atoms with Gasteiger partial charge in [0, 0.05) is 32.0 Å². The Hall–Kier alpha value is -3.73. The van der Waals surface area contributed by atoms with Crippen molar-refractivity contribution in [3.63, 3.8) is 0 Å². The van der Waals surface area contributed by atoms with Crippen LogP contribution in [0.25, 0.3) is 0 Å². The number of benzene rings is 2. The highest BCUT2D eigenvalue weighted by atomic mass is 16.5. The molecule has 0 saturated carbocycles. The quantitative estimate of drug-likeness (QED) is 0.155. The molecule has 0 atom stereocenters. The Morgan fingerprint density at radius 2 is 1.55 bits per heavy atom. The van der Waals surface area contributed by atoms with Crippen LogP contribution in [0.3, 0.4) is 0 Å². The Morgan fingerprint density at radius 1 is 0.903 bits per heavy atom. The van der Waals surface area contributed by atoms with E-state index in [2.05, 4.69) is 50.2 Å². The summed E-state index contributed by atoms with van der Waals surface area (Å²) in [6.45, 7) is 2.59. The molecule has 0 spiro atoms. The fourth-order valence-electron chi connectivity index (χ4n) is 3.00. The van der Waals surface area contributed by atoms with Crippen molar-refractivity contribution in [2.24, 2.45) is 4.99 Å². The standard InChI is InChI=1S/C24H26N6O/c25-19-29-24(30-22-11-13-26-14-12-22)28-16-15-27-17-18-31-23(20-7-3-1-4-8-20)21-9-5-2-6-10-21/h1-14,23,27H,15-18H2,(H2,26,28,29,30). The zero-order valence-electron chi connectivity index (χ0n) is 17.2. The summed E-state index contributed by atoms with van der Waals surface area (Å²) in [6, 6.07) is 24.0. The Labute approximate surface area is 182 Å². The molecule has 1 aromatic heterocycles. The summed E-state index contributed by atoms with van der Waals surface area (Å²) < 4.78 is 6.19. The summed E-state index contributed by atoms with van der Waals surface area (Å²) in [5, 5.41) is 17.9. The maximum absolute atomic E-state index is 8.90. The van der Waals surface area contributed by atoms with Crippen molar-refractivity contribution >= 4 is 11.6 Å². The molecule has 0 aliphatic carbocycles. The van der Waals surface area contributed by atoms with Crippen molar-refractivity contribution in [3.05, 3.63) is 96.3 Å². The van der Waals surface area contributed by atoms with Crippen LogP contribution in [0.5, 0.6) is 0 Å². The lowest BCUT2D eigenvalue weighted by Crippen LogP contribution is -2.39. The molecule has 0 bridgehead atoms. The van der Waals surface area contributed by atoms with Crippen LogP contribution in [-0.2, 0) is 4.74 Å². The minimum absolute atomic E-state index is 0.0961. The number of aliphatic imine (C=N–C) groups is 1. The fraction of sp³-hybridized carbons (Fsp3) is 0.208. The highest BCUT2D eigenvalue weighted by Crippen LogP contribution is 2.25. The highest BCUT2D eigenvalue weighted by molar-refractivity contribution is 5.83. The highest BCUT2D eigenvalue weighted by Gasteiger charge is 2.13. The molecule has 31 heavy (non-hydrogen) atoms. The van der Waals surface area contributed by atoms with Gasteiger partial charge in [-0.2, -0.15) is 5.26 Å². The molecule has 7 heteroatoms. The molecule has 0 aliphatic rings. The third kappa shape index (κ3) is 7.55. The molecule has 0 saturated heterocycles. The Morgan fingerprint density at radius 3 is 2.16 bits per heavy atom. The van der Waals surface area contributed by atoms with Crippen LogP contribution in [0.1, 0.15) is 17.2 Å². The molecule has 0 fully saturated rings. The lowest BCUT2D eigenvalue weighted by Gasteiger charge is -2.19. The normalized spacial score (nSPS) is 11.2. The smallest absolute Gasteiger partial charge is 0.209 e. The third-order valence-corrected chi connectivity index (χ3v) is 4.44. The van der Waals surface area contributed by atoms with E-state index >= 15 is 0 Å². The molecule has 2 aromatic carbocycles. The molecule has 1 heterocycles. The van der Waals surface area contributed by atoms with Crippen LogP contribution in [0.15, 0.2) is 90.2 Å². The van der Waals surface area contributed by atoms with Crippen LogP contribution >= 0.6 is 0 Å². The molecule has 3 rings (SSSR count). The van der Waals surface area contributed by atoms with Crippen molar-refractivity contribution in [2.45, 2.75) is 6.10 Å². The van der Waals surface area contributed by atoms with Gasteiger partial charge in [0.2, 0.25) is 5.96 Å². The lowest BCUT2D eigenvalue weighted by molar-refractivity contribution is 0.0822. The number of nitrogens with one attached hydrogen (secondary N) is 3. The van der Waals surface area contributed by atoms with Gasteiger partial charge in [0.05, 0.1) is 12.3 Å². The van der Waals surface area contributed by atoms with E-state index in [0.717, 1.165) is 16.8 Å². The topological polar surface area (TPSA) is 94.4 Å². The van der Waals surface area contributed by atoms with Crippen molar-refractivity contribution in [1.82, 2.24) is 20.9 Å². The predicted octanol–water partition coefficient (Wildman–Crippen LogP) is 3.13. The van der Waals surface area contributed by atoms with Gasteiger partial charge < -0.3 is 15.4 Å². The molecule has 158 valence electrons. The van der Waals surface area contributed by atoms with Gasteiger partial charge in [-0.25, -0.2) is 4.99 Å². The molecule has 7 nitrogen and oxygen atoms in total. The molecule has 3 N–H and O–H groups in total. The predicted molar refractivity (Wildman–Crippen MR) is 122 cm³/mol. The third-order valence-electron chi connectivity index (χ3n) is 4.44. The zero-order valence-corrected chi connectivity index (χ0v) is 17.2. The number of aromatic nitrogens is 1. The van der Waals surface area contributed by atoms with Gasteiger partial charge in [0.1, 0.15) is 6.10 Å². The van der Waals surface area contributed by atoms with E-state index in [1.54, 1.807) is 24.5 Å². The monoisotopic (exact) mass is 414 g/mol. The van der Waals surface area contributed by atoms with E-state index in [-0.39, 0.29) is 6.10 Å².